The quantitative estimate of drug-likeness (QED) is 0.902. The molecule has 24 heavy (non-hydrogen) atoms. The molecular weight excluding hydrogens is 328 g/mol. The van der Waals surface area contributed by atoms with Gasteiger partial charge in [0, 0.05) is 30.0 Å². The lowest BCUT2D eigenvalue weighted by molar-refractivity contribution is 0.174. The number of benzene rings is 1. The number of hydrogen-bond donors (Lipinski definition) is 1. The van der Waals surface area contributed by atoms with Gasteiger partial charge in [-0.05, 0) is 50.5 Å². The van der Waals surface area contributed by atoms with Gasteiger partial charge in [0.2, 0.25) is 16.8 Å². The van der Waals surface area contributed by atoms with Crippen molar-refractivity contribution in [3.63, 3.8) is 0 Å². The molecule has 0 radical (unpaired) electrons. The van der Waals surface area contributed by atoms with Gasteiger partial charge in [0.1, 0.15) is 0 Å². The third kappa shape index (κ3) is 2.67. The van der Waals surface area contributed by atoms with Gasteiger partial charge < -0.3 is 14.0 Å². The monoisotopic (exact) mass is 348 g/mol. The fourth-order valence-electron chi connectivity index (χ4n) is 3.22. The van der Waals surface area contributed by atoms with Crippen LogP contribution in [-0.2, 0) is 16.6 Å². The van der Waals surface area contributed by atoms with Crippen molar-refractivity contribution in [3.05, 3.63) is 41.2 Å². The zero-order chi connectivity index (χ0) is 16.9. The summed E-state index contributed by atoms with van der Waals surface area (Å²) in [6.07, 6.45) is 2.41. The number of nitrogens with zero attached hydrogens (tertiary/aromatic N) is 1. The van der Waals surface area contributed by atoms with Crippen molar-refractivity contribution in [2.24, 2.45) is 0 Å². The first-order chi connectivity index (χ1) is 11.5. The van der Waals surface area contributed by atoms with E-state index in [1.807, 2.05) is 0 Å². The standard InChI is InChI=1S/C17H20N2O4S/c1-11-7-13(12(2)19(11)14-3-4-14)9-18-24(20,21)15-5-6-16-17(8-15)23-10-22-16/h5-8,14,18H,3-4,9-10H2,1-2H3. The summed E-state index contributed by atoms with van der Waals surface area (Å²) in [7, 11) is -3.60. The van der Waals surface area contributed by atoms with Crippen LogP contribution in [0.4, 0.5) is 0 Å². The molecule has 0 saturated heterocycles. The van der Waals surface area contributed by atoms with E-state index in [9.17, 15) is 8.42 Å². The SMILES string of the molecule is Cc1cc(CNS(=O)(=O)c2ccc3c(c2)OCO3)c(C)n1C1CC1. The maximum Gasteiger partial charge on any atom is 0.241 e. The number of hydrogen-bond acceptors (Lipinski definition) is 4. The molecule has 1 aliphatic carbocycles. The van der Waals surface area contributed by atoms with E-state index in [1.165, 1.54) is 30.7 Å². The minimum absolute atomic E-state index is 0.124. The minimum Gasteiger partial charge on any atom is -0.454 e. The molecule has 7 heteroatoms. The van der Waals surface area contributed by atoms with Crippen molar-refractivity contribution in [2.75, 3.05) is 6.79 Å². The molecule has 6 nitrogen and oxygen atoms in total. The fraction of sp³-hybridized carbons (Fsp3) is 0.412. The minimum atomic E-state index is -3.60. The molecule has 2 heterocycles. The summed E-state index contributed by atoms with van der Waals surface area (Å²) in [6, 6.07) is 7.30. The number of aromatic nitrogens is 1. The van der Waals surface area contributed by atoms with Crippen molar-refractivity contribution >= 4 is 10.0 Å². The normalized spacial score (nSPS) is 16.6. The Labute approximate surface area is 141 Å². The molecule has 1 aromatic carbocycles. The topological polar surface area (TPSA) is 69.6 Å². The third-order valence-corrected chi connectivity index (χ3v) is 6.01. The van der Waals surface area contributed by atoms with Gasteiger partial charge >= 0.3 is 0 Å². The second kappa shape index (κ2) is 5.53. The highest BCUT2D eigenvalue weighted by Crippen LogP contribution is 2.38. The van der Waals surface area contributed by atoms with Gasteiger partial charge in [0.25, 0.3) is 0 Å². The van der Waals surface area contributed by atoms with Crippen LogP contribution < -0.4 is 14.2 Å². The second-order valence-electron chi connectivity index (χ2n) is 6.34. The molecule has 1 fully saturated rings. The molecule has 0 unspecified atom stereocenters. The van der Waals surface area contributed by atoms with Crippen molar-refractivity contribution in [1.29, 1.82) is 0 Å². The summed E-state index contributed by atoms with van der Waals surface area (Å²) in [4.78, 5) is 0.183. The number of nitrogens with one attached hydrogen (secondary N) is 1. The molecule has 128 valence electrons. The summed E-state index contributed by atoms with van der Waals surface area (Å²) < 4.78 is 40.5. The van der Waals surface area contributed by atoms with Crippen LogP contribution in [0.3, 0.4) is 0 Å². The molecule has 4 rings (SSSR count). The van der Waals surface area contributed by atoms with Gasteiger partial charge in [0.15, 0.2) is 11.5 Å². The van der Waals surface area contributed by atoms with Gasteiger partial charge in [-0.25, -0.2) is 13.1 Å². The van der Waals surface area contributed by atoms with Gasteiger partial charge in [-0.3, -0.25) is 0 Å². The van der Waals surface area contributed by atoms with Gasteiger partial charge in [-0.15, -0.1) is 0 Å². The average Bonchev–Trinajstić information content (AvgIpc) is 3.18. The van der Waals surface area contributed by atoms with Crippen molar-refractivity contribution < 1.29 is 17.9 Å². The Balaban J connectivity index is 1.54. The van der Waals surface area contributed by atoms with Crippen LogP contribution in [0.25, 0.3) is 0 Å². The van der Waals surface area contributed by atoms with E-state index in [0.717, 1.165) is 11.3 Å². The van der Waals surface area contributed by atoms with Crippen LogP contribution in [-0.4, -0.2) is 19.8 Å². The number of rotatable bonds is 5. The molecule has 1 N–H and O–H groups in total. The maximum absolute atomic E-state index is 12.5. The zero-order valence-corrected chi connectivity index (χ0v) is 14.5. The Hall–Kier alpha value is -1.99. The first kappa shape index (κ1) is 15.5. The smallest absolute Gasteiger partial charge is 0.241 e. The molecule has 0 amide bonds. The van der Waals surface area contributed by atoms with Gasteiger partial charge in [-0.2, -0.15) is 0 Å². The summed E-state index contributed by atoms with van der Waals surface area (Å²) in [5.41, 5.74) is 3.35. The largest absolute Gasteiger partial charge is 0.454 e. The lowest BCUT2D eigenvalue weighted by Gasteiger charge is -2.09. The number of aryl methyl sites for hydroxylation is 1. The van der Waals surface area contributed by atoms with E-state index in [-0.39, 0.29) is 18.2 Å². The Bertz CT molecular complexity index is 898. The van der Waals surface area contributed by atoms with Crippen molar-refractivity contribution in [1.82, 2.24) is 9.29 Å². The number of fused-ring (bicyclic) bond motifs is 1. The lowest BCUT2D eigenvalue weighted by Crippen LogP contribution is -2.23. The summed E-state index contributed by atoms with van der Waals surface area (Å²) in [5, 5.41) is 0. The van der Waals surface area contributed by atoms with E-state index < -0.39 is 10.0 Å². The second-order valence-corrected chi connectivity index (χ2v) is 8.10. The fourth-order valence-corrected chi connectivity index (χ4v) is 4.24. The highest BCUT2D eigenvalue weighted by atomic mass is 32.2. The average molecular weight is 348 g/mol. The Morgan fingerprint density at radius 1 is 1.17 bits per heavy atom. The van der Waals surface area contributed by atoms with Crippen LogP contribution >= 0.6 is 0 Å². The first-order valence-electron chi connectivity index (χ1n) is 8.02. The van der Waals surface area contributed by atoms with Gasteiger partial charge in [-0.1, -0.05) is 0 Å². The van der Waals surface area contributed by atoms with Crippen LogP contribution in [0.15, 0.2) is 29.2 Å². The molecular formula is C17H20N2O4S. The Morgan fingerprint density at radius 2 is 1.92 bits per heavy atom. The highest BCUT2D eigenvalue weighted by molar-refractivity contribution is 7.89. The zero-order valence-electron chi connectivity index (χ0n) is 13.7. The van der Waals surface area contributed by atoms with Crippen molar-refractivity contribution in [3.8, 4) is 11.5 Å². The van der Waals surface area contributed by atoms with Crippen molar-refractivity contribution in [2.45, 2.75) is 44.2 Å². The Kier molecular flexibility index (Phi) is 3.58. The molecule has 0 spiro atoms. The van der Waals surface area contributed by atoms with Crippen LogP contribution in [0, 0.1) is 13.8 Å². The van der Waals surface area contributed by atoms with Gasteiger partial charge in [0.05, 0.1) is 4.90 Å². The summed E-state index contributed by atoms with van der Waals surface area (Å²) in [5.74, 6) is 1.03. The van der Waals surface area contributed by atoms with Crippen LogP contribution in [0.1, 0.15) is 35.8 Å². The predicted molar refractivity (Wildman–Crippen MR) is 88.8 cm³/mol. The van der Waals surface area contributed by atoms with E-state index in [2.05, 4.69) is 29.2 Å². The third-order valence-electron chi connectivity index (χ3n) is 4.61. The molecule has 1 aliphatic heterocycles. The molecule has 1 aromatic heterocycles. The van der Waals surface area contributed by atoms with E-state index in [4.69, 9.17) is 9.47 Å². The molecule has 2 aromatic rings. The Morgan fingerprint density at radius 3 is 2.67 bits per heavy atom. The van der Waals surface area contributed by atoms with E-state index in [0.29, 0.717) is 17.5 Å². The number of ether oxygens (including phenoxy) is 2. The molecule has 2 aliphatic rings. The summed E-state index contributed by atoms with van der Waals surface area (Å²) >= 11 is 0. The maximum atomic E-state index is 12.5. The molecule has 0 atom stereocenters. The number of sulfonamides is 1. The van der Waals surface area contributed by atoms with E-state index >= 15 is 0 Å². The summed E-state index contributed by atoms with van der Waals surface area (Å²) in [6.45, 7) is 4.53. The molecule has 1 saturated carbocycles. The predicted octanol–water partition coefficient (Wildman–Crippen LogP) is 2.65. The lowest BCUT2D eigenvalue weighted by atomic mass is 10.2. The molecule has 0 bridgehead atoms. The highest BCUT2D eigenvalue weighted by Gasteiger charge is 2.27. The first-order valence-corrected chi connectivity index (χ1v) is 9.50. The van der Waals surface area contributed by atoms with Crippen LogP contribution in [0.2, 0.25) is 0 Å². The van der Waals surface area contributed by atoms with Crippen LogP contribution in [0.5, 0.6) is 11.5 Å². The van der Waals surface area contributed by atoms with E-state index in [1.54, 1.807) is 6.07 Å².